The molecule has 0 bridgehead atoms. The van der Waals surface area contributed by atoms with E-state index in [1.165, 1.54) is 0 Å². The van der Waals surface area contributed by atoms with Crippen LogP contribution >= 0.6 is 0 Å². The highest BCUT2D eigenvalue weighted by Gasteiger charge is 2.11. The molecule has 0 heterocycles. The van der Waals surface area contributed by atoms with Crippen molar-refractivity contribution >= 4 is 29.5 Å². The largest absolute Gasteiger partial charge is 0.369 e. The van der Waals surface area contributed by atoms with Crippen LogP contribution in [-0.2, 0) is 6.54 Å². The first-order valence-electron chi connectivity index (χ1n) is 9.63. The zero-order chi connectivity index (χ0) is 22.6. The Balaban J connectivity index is 1.93. The number of para-hydroxylation sites is 1. The van der Waals surface area contributed by atoms with E-state index in [0.717, 1.165) is 5.56 Å². The van der Waals surface area contributed by atoms with Crippen LogP contribution in [0.3, 0.4) is 0 Å². The number of nitrogens with two attached hydrogens (primary N) is 3. The molecular weight excluding hydrogens is 392 g/mol. The molecule has 0 amide bonds. The van der Waals surface area contributed by atoms with Gasteiger partial charge in [-0.15, -0.1) is 0 Å². The van der Waals surface area contributed by atoms with Crippen molar-refractivity contribution in [2.75, 3.05) is 27.8 Å². The molecule has 0 unspecified atom stereocenters. The molecule has 0 atom stereocenters. The molecule has 2 rings (SSSR count). The number of benzene rings is 2. The first-order valence-corrected chi connectivity index (χ1v) is 9.63. The van der Waals surface area contributed by atoms with Gasteiger partial charge in [0, 0.05) is 21.1 Å². The maximum absolute atomic E-state index is 6.11. The van der Waals surface area contributed by atoms with Crippen LogP contribution in [0.4, 0.5) is 5.69 Å². The number of hydrogen-bond acceptors (Lipinski definition) is 3. The summed E-state index contributed by atoms with van der Waals surface area (Å²) in [5.41, 5.74) is 19.8. The first kappa shape index (κ1) is 23.2. The monoisotopic (exact) mass is 422 g/mol. The summed E-state index contributed by atoms with van der Waals surface area (Å²) < 4.78 is 0. The number of rotatable bonds is 5. The molecule has 0 aliphatic rings. The Hall–Kier alpha value is -4.08. The van der Waals surface area contributed by atoms with Crippen molar-refractivity contribution in [2.45, 2.75) is 6.54 Å². The molecule has 7 N–H and O–H groups in total. The Bertz CT molecular complexity index is 935. The van der Waals surface area contributed by atoms with Crippen LogP contribution in [0.5, 0.6) is 0 Å². The average Bonchev–Trinajstić information content (AvgIpc) is 2.78. The normalized spacial score (nSPS) is 13.1. The van der Waals surface area contributed by atoms with Gasteiger partial charge in [-0.3, -0.25) is 9.89 Å². The molecule has 0 saturated carbocycles. The molecule has 31 heavy (non-hydrogen) atoms. The zero-order valence-corrected chi connectivity index (χ0v) is 18.1. The fraction of sp³-hybridized carbons (Fsp3) is 0.238. The van der Waals surface area contributed by atoms with Crippen molar-refractivity contribution in [3.8, 4) is 0 Å². The van der Waals surface area contributed by atoms with E-state index in [1.807, 2.05) is 60.7 Å². The molecule has 0 aliphatic carbocycles. The third kappa shape index (κ3) is 7.69. The maximum Gasteiger partial charge on any atom is 0.223 e. The highest BCUT2D eigenvalue weighted by molar-refractivity contribution is 5.98. The zero-order valence-electron chi connectivity index (χ0n) is 18.1. The molecule has 10 heteroatoms. The van der Waals surface area contributed by atoms with Crippen molar-refractivity contribution < 1.29 is 0 Å². The molecule has 0 aliphatic heterocycles. The van der Waals surface area contributed by atoms with Gasteiger partial charge in [0.2, 0.25) is 17.9 Å². The number of nitrogens with zero attached hydrogens (tertiary/aromatic N) is 6. The Labute approximate surface area is 182 Å². The van der Waals surface area contributed by atoms with Crippen LogP contribution in [-0.4, -0.2) is 61.4 Å². The minimum absolute atomic E-state index is 0.0642. The smallest absolute Gasteiger partial charge is 0.223 e. The predicted molar refractivity (Wildman–Crippen MR) is 128 cm³/mol. The van der Waals surface area contributed by atoms with Crippen LogP contribution in [0.2, 0.25) is 0 Å². The second-order valence-corrected chi connectivity index (χ2v) is 6.57. The summed E-state index contributed by atoms with van der Waals surface area (Å²) in [6.45, 7) is 0.796. The number of guanidine groups is 4. The first-order chi connectivity index (χ1) is 14.9. The number of aliphatic imine (C=N–C) groups is 4. The average molecular weight is 423 g/mol. The Morgan fingerprint density at radius 3 is 2.13 bits per heavy atom. The van der Waals surface area contributed by atoms with Gasteiger partial charge in [-0.1, -0.05) is 48.5 Å². The minimum Gasteiger partial charge on any atom is -0.369 e. The summed E-state index contributed by atoms with van der Waals surface area (Å²) in [7, 11) is 5.20. The molecule has 0 saturated heterocycles. The quantitative estimate of drug-likeness (QED) is 0.319. The van der Waals surface area contributed by atoms with E-state index in [-0.39, 0.29) is 11.9 Å². The molecule has 2 aromatic rings. The van der Waals surface area contributed by atoms with Crippen LogP contribution in [0, 0.1) is 0 Å². The minimum atomic E-state index is 0.0642. The Morgan fingerprint density at radius 1 is 0.903 bits per heavy atom. The summed E-state index contributed by atoms with van der Waals surface area (Å²) >= 11 is 0. The summed E-state index contributed by atoms with van der Waals surface area (Å²) in [6.07, 6.45) is 0. The van der Waals surface area contributed by atoms with E-state index >= 15 is 0 Å². The second kappa shape index (κ2) is 11.8. The topological polar surface area (TPSA) is 146 Å². The number of hydrogen-bond donors (Lipinski definition) is 4. The molecule has 0 radical (unpaired) electrons. The van der Waals surface area contributed by atoms with E-state index in [9.17, 15) is 0 Å². The third-order valence-electron chi connectivity index (χ3n) is 4.23. The van der Waals surface area contributed by atoms with Gasteiger partial charge < -0.3 is 27.4 Å². The van der Waals surface area contributed by atoms with Gasteiger partial charge in [0.25, 0.3) is 0 Å². The van der Waals surface area contributed by atoms with Crippen LogP contribution in [0.1, 0.15) is 5.56 Å². The van der Waals surface area contributed by atoms with Gasteiger partial charge in [0.05, 0.1) is 18.9 Å². The Morgan fingerprint density at radius 2 is 1.52 bits per heavy atom. The van der Waals surface area contributed by atoms with Gasteiger partial charge in [-0.25, -0.2) is 9.98 Å². The van der Waals surface area contributed by atoms with Crippen molar-refractivity contribution in [1.82, 2.24) is 15.1 Å². The van der Waals surface area contributed by atoms with E-state index in [0.29, 0.717) is 30.8 Å². The lowest BCUT2D eigenvalue weighted by atomic mass is 10.2. The molecular formula is C21H30N10. The summed E-state index contributed by atoms with van der Waals surface area (Å²) in [4.78, 5) is 20.3. The summed E-state index contributed by atoms with van der Waals surface area (Å²) in [5, 5.41) is 3.15. The predicted octanol–water partition coefficient (Wildman–Crippen LogP) is 0.859. The number of nitrogens with one attached hydrogen (secondary N) is 1. The maximum atomic E-state index is 6.11. The second-order valence-electron chi connectivity index (χ2n) is 6.57. The highest BCUT2D eigenvalue weighted by atomic mass is 15.4. The van der Waals surface area contributed by atoms with Gasteiger partial charge in [-0.2, -0.15) is 4.99 Å². The van der Waals surface area contributed by atoms with Gasteiger partial charge in [0.1, 0.15) is 0 Å². The lowest BCUT2D eigenvalue weighted by molar-refractivity contribution is 0.474. The molecule has 10 nitrogen and oxygen atoms in total. The van der Waals surface area contributed by atoms with E-state index in [1.54, 1.807) is 30.9 Å². The SMILES string of the molecule is CN=C(NCN(C)C(N)=NC(N)=Nc1ccccc1)N(C)C(N)=NCc1ccccc1. The lowest BCUT2D eigenvalue weighted by Gasteiger charge is -2.24. The van der Waals surface area contributed by atoms with Crippen molar-refractivity contribution in [1.29, 1.82) is 0 Å². The fourth-order valence-electron chi connectivity index (χ4n) is 2.45. The Kier molecular flexibility index (Phi) is 8.84. The van der Waals surface area contributed by atoms with E-state index in [4.69, 9.17) is 17.2 Å². The van der Waals surface area contributed by atoms with Crippen molar-refractivity contribution in [3.63, 3.8) is 0 Å². The van der Waals surface area contributed by atoms with Gasteiger partial charge >= 0.3 is 0 Å². The summed E-state index contributed by atoms with van der Waals surface area (Å²) in [5.74, 6) is 1.13. The van der Waals surface area contributed by atoms with Crippen molar-refractivity contribution in [2.24, 2.45) is 37.2 Å². The third-order valence-corrected chi connectivity index (χ3v) is 4.23. The molecule has 0 fully saturated rings. The van der Waals surface area contributed by atoms with E-state index in [2.05, 4.69) is 25.3 Å². The van der Waals surface area contributed by atoms with Crippen LogP contribution < -0.4 is 22.5 Å². The molecule has 2 aromatic carbocycles. The van der Waals surface area contributed by atoms with Gasteiger partial charge in [0.15, 0.2) is 5.96 Å². The van der Waals surface area contributed by atoms with Crippen LogP contribution in [0.15, 0.2) is 80.6 Å². The summed E-state index contributed by atoms with van der Waals surface area (Å²) in [6, 6.07) is 19.2. The van der Waals surface area contributed by atoms with E-state index < -0.39 is 0 Å². The molecule has 0 spiro atoms. The lowest BCUT2D eigenvalue weighted by Crippen LogP contribution is -2.50. The van der Waals surface area contributed by atoms with Gasteiger partial charge in [-0.05, 0) is 17.7 Å². The highest BCUT2D eigenvalue weighted by Crippen LogP contribution is 2.09. The van der Waals surface area contributed by atoms with Crippen LogP contribution in [0.25, 0.3) is 0 Å². The van der Waals surface area contributed by atoms with Crippen molar-refractivity contribution in [3.05, 3.63) is 66.2 Å². The standard InChI is InChI=1S/C21H30N10/c1-25-21(31(3)19(23)26-14-16-10-6-4-7-11-16)27-15-30(2)20(24)29-18(22)28-17-12-8-5-9-13-17/h4-13H,14-15H2,1-3H3,(H2,23,26)(H,25,27)(H4,22,24,28,29). The fourth-order valence-corrected chi connectivity index (χ4v) is 2.45. The molecule has 0 aromatic heterocycles. The molecule has 164 valence electrons.